The largest absolute Gasteiger partial charge is 0.332 e. The third-order valence-electron chi connectivity index (χ3n) is 3.72. The Kier molecular flexibility index (Phi) is 3.67. The number of nitrogens with zero attached hydrogens (tertiary/aromatic N) is 4. The Morgan fingerprint density at radius 2 is 1.67 bits per heavy atom. The minimum atomic E-state index is 0.477. The zero-order chi connectivity index (χ0) is 16.4. The van der Waals surface area contributed by atoms with Gasteiger partial charge in [0.05, 0.1) is 11.4 Å². The fourth-order valence-electron chi connectivity index (χ4n) is 2.63. The fraction of sp³-hybridized carbons (Fsp3) is 0.105. The first-order chi connectivity index (χ1) is 11.8. The van der Waals surface area contributed by atoms with Crippen molar-refractivity contribution in [3.63, 3.8) is 0 Å². The Morgan fingerprint density at radius 3 is 2.42 bits per heavy atom. The summed E-state index contributed by atoms with van der Waals surface area (Å²) in [6.45, 7) is 1.95. The molecule has 0 aliphatic carbocycles. The number of hydrogen-bond donors (Lipinski definition) is 0. The third kappa shape index (κ3) is 2.84. The molecule has 2 heterocycles. The predicted molar refractivity (Wildman–Crippen MR) is 90.8 cm³/mol. The lowest BCUT2D eigenvalue weighted by Gasteiger charge is -2.03. The number of rotatable bonds is 4. The second-order valence-corrected chi connectivity index (χ2v) is 5.60. The summed E-state index contributed by atoms with van der Waals surface area (Å²) in [7, 11) is 0. The van der Waals surface area contributed by atoms with Gasteiger partial charge >= 0.3 is 0 Å². The maximum absolute atomic E-state index is 5.48. The van der Waals surface area contributed by atoms with Crippen LogP contribution in [0.3, 0.4) is 0 Å². The van der Waals surface area contributed by atoms with E-state index in [-0.39, 0.29) is 0 Å². The molecule has 0 fully saturated rings. The van der Waals surface area contributed by atoms with Crippen molar-refractivity contribution in [1.29, 1.82) is 0 Å². The highest BCUT2D eigenvalue weighted by molar-refractivity contribution is 5.53. The van der Waals surface area contributed by atoms with Crippen LogP contribution in [0.1, 0.15) is 17.1 Å². The molecule has 0 N–H and O–H groups in total. The van der Waals surface area contributed by atoms with Gasteiger partial charge in [0.2, 0.25) is 0 Å². The van der Waals surface area contributed by atoms with Crippen LogP contribution in [0.25, 0.3) is 17.3 Å². The van der Waals surface area contributed by atoms with Crippen molar-refractivity contribution >= 4 is 0 Å². The standard InChI is InChI=1S/C19H16N4O/c1-14-12-17(23(21-14)16-10-6-3-7-11-16)19-20-18(22-24-19)13-15-8-4-2-5-9-15/h2-12H,13H2,1H3. The first kappa shape index (κ1) is 14.4. The van der Waals surface area contributed by atoms with E-state index in [9.17, 15) is 0 Å². The van der Waals surface area contributed by atoms with Crippen molar-refractivity contribution in [1.82, 2.24) is 19.9 Å². The first-order valence-electron chi connectivity index (χ1n) is 7.78. The molecule has 4 aromatic rings. The number of hydrogen-bond acceptors (Lipinski definition) is 4. The number of aromatic nitrogens is 4. The van der Waals surface area contributed by atoms with Gasteiger partial charge in [-0.1, -0.05) is 53.7 Å². The summed E-state index contributed by atoms with van der Waals surface area (Å²) < 4.78 is 7.30. The number of para-hydroxylation sites is 1. The molecule has 4 rings (SSSR count). The van der Waals surface area contributed by atoms with Crippen LogP contribution in [0.4, 0.5) is 0 Å². The van der Waals surface area contributed by atoms with Crippen molar-refractivity contribution < 1.29 is 4.52 Å². The van der Waals surface area contributed by atoms with Gasteiger partial charge in [0.1, 0.15) is 5.69 Å². The van der Waals surface area contributed by atoms with Gasteiger partial charge in [0, 0.05) is 6.42 Å². The molecular formula is C19H16N4O. The van der Waals surface area contributed by atoms with Crippen LogP contribution < -0.4 is 0 Å². The summed E-state index contributed by atoms with van der Waals surface area (Å²) in [5.41, 5.74) is 3.81. The highest BCUT2D eigenvalue weighted by Crippen LogP contribution is 2.23. The van der Waals surface area contributed by atoms with Crippen LogP contribution in [0.2, 0.25) is 0 Å². The molecule has 118 valence electrons. The SMILES string of the molecule is Cc1cc(-c2nc(Cc3ccccc3)no2)n(-c2ccccc2)n1. The molecule has 0 unspecified atom stereocenters. The quantitative estimate of drug-likeness (QED) is 0.574. The molecule has 2 aromatic heterocycles. The molecule has 0 aliphatic heterocycles. The van der Waals surface area contributed by atoms with Gasteiger partial charge in [-0.2, -0.15) is 10.1 Å². The van der Waals surface area contributed by atoms with Crippen LogP contribution >= 0.6 is 0 Å². The summed E-state index contributed by atoms with van der Waals surface area (Å²) in [5, 5.41) is 8.64. The average Bonchev–Trinajstić information content (AvgIpc) is 3.23. The number of aryl methyl sites for hydroxylation is 1. The molecule has 0 saturated carbocycles. The van der Waals surface area contributed by atoms with E-state index in [2.05, 4.69) is 27.4 Å². The second kappa shape index (κ2) is 6.12. The van der Waals surface area contributed by atoms with E-state index in [4.69, 9.17) is 4.52 Å². The molecular weight excluding hydrogens is 300 g/mol. The summed E-state index contributed by atoms with van der Waals surface area (Å²) in [5.74, 6) is 1.14. The van der Waals surface area contributed by atoms with Gasteiger partial charge in [-0.05, 0) is 30.7 Å². The smallest absolute Gasteiger partial charge is 0.276 e. The summed E-state index contributed by atoms with van der Waals surface area (Å²) in [4.78, 5) is 4.54. The Labute approximate surface area is 139 Å². The molecule has 0 amide bonds. The van der Waals surface area contributed by atoms with Crippen molar-refractivity contribution in [3.8, 4) is 17.3 Å². The van der Waals surface area contributed by atoms with Gasteiger partial charge in [0.25, 0.3) is 5.89 Å². The van der Waals surface area contributed by atoms with Crippen molar-refractivity contribution in [3.05, 3.63) is 83.8 Å². The molecule has 2 aromatic carbocycles. The van der Waals surface area contributed by atoms with Crippen LogP contribution in [0.15, 0.2) is 71.3 Å². The topological polar surface area (TPSA) is 56.7 Å². The fourth-order valence-corrected chi connectivity index (χ4v) is 2.63. The van der Waals surface area contributed by atoms with Gasteiger partial charge in [-0.15, -0.1) is 0 Å². The Morgan fingerprint density at radius 1 is 0.958 bits per heavy atom. The van der Waals surface area contributed by atoms with E-state index in [0.717, 1.165) is 22.6 Å². The van der Waals surface area contributed by atoms with E-state index in [1.165, 1.54) is 0 Å². The highest BCUT2D eigenvalue weighted by atomic mass is 16.5. The Balaban J connectivity index is 1.68. The minimum absolute atomic E-state index is 0.477. The van der Waals surface area contributed by atoms with E-state index < -0.39 is 0 Å². The summed E-state index contributed by atoms with van der Waals surface area (Å²) >= 11 is 0. The molecule has 0 radical (unpaired) electrons. The minimum Gasteiger partial charge on any atom is -0.332 e. The second-order valence-electron chi connectivity index (χ2n) is 5.60. The first-order valence-corrected chi connectivity index (χ1v) is 7.78. The van der Waals surface area contributed by atoms with Crippen molar-refractivity contribution in [2.24, 2.45) is 0 Å². The molecule has 5 nitrogen and oxygen atoms in total. The van der Waals surface area contributed by atoms with Gasteiger partial charge in [-0.3, -0.25) is 0 Å². The van der Waals surface area contributed by atoms with Crippen molar-refractivity contribution in [2.75, 3.05) is 0 Å². The molecule has 0 saturated heterocycles. The molecule has 0 aliphatic rings. The van der Waals surface area contributed by atoms with Crippen LogP contribution in [0.5, 0.6) is 0 Å². The van der Waals surface area contributed by atoms with Crippen LogP contribution in [-0.4, -0.2) is 19.9 Å². The van der Waals surface area contributed by atoms with Gasteiger partial charge in [0.15, 0.2) is 5.82 Å². The zero-order valence-corrected chi connectivity index (χ0v) is 13.3. The zero-order valence-electron chi connectivity index (χ0n) is 13.3. The monoisotopic (exact) mass is 316 g/mol. The van der Waals surface area contributed by atoms with E-state index >= 15 is 0 Å². The number of benzene rings is 2. The molecule has 0 bridgehead atoms. The normalized spacial score (nSPS) is 10.9. The van der Waals surface area contributed by atoms with Crippen LogP contribution in [-0.2, 0) is 6.42 Å². The Hall–Kier alpha value is -3.21. The lowest BCUT2D eigenvalue weighted by molar-refractivity contribution is 0.421. The van der Waals surface area contributed by atoms with Gasteiger partial charge < -0.3 is 4.52 Å². The average molecular weight is 316 g/mol. The molecule has 0 spiro atoms. The van der Waals surface area contributed by atoms with Crippen LogP contribution in [0, 0.1) is 6.92 Å². The van der Waals surface area contributed by atoms with Crippen molar-refractivity contribution in [2.45, 2.75) is 13.3 Å². The maximum atomic E-state index is 5.48. The van der Waals surface area contributed by atoms with E-state index in [1.807, 2.05) is 66.2 Å². The molecule has 0 atom stereocenters. The summed E-state index contributed by atoms with van der Waals surface area (Å²) in [6, 6.07) is 22.0. The highest BCUT2D eigenvalue weighted by Gasteiger charge is 2.16. The van der Waals surface area contributed by atoms with E-state index in [1.54, 1.807) is 0 Å². The van der Waals surface area contributed by atoms with Gasteiger partial charge in [-0.25, -0.2) is 4.68 Å². The Bertz CT molecular complexity index is 942. The third-order valence-corrected chi connectivity index (χ3v) is 3.72. The molecule has 24 heavy (non-hydrogen) atoms. The predicted octanol–water partition coefficient (Wildman–Crippen LogP) is 3.82. The molecule has 5 heteroatoms. The lowest BCUT2D eigenvalue weighted by atomic mass is 10.1. The van der Waals surface area contributed by atoms with E-state index in [0.29, 0.717) is 18.1 Å². The lowest BCUT2D eigenvalue weighted by Crippen LogP contribution is -1.99. The maximum Gasteiger partial charge on any atom is 0.276 e. The summed E-state index contributed by atoms with van der Waals surface area (Å²) in [6.07, 6.45) is 0.642.